The zero-order chi connectivity index (χ0) is 17.0. The second-order valence-corrected chi connectivity index (χ2v) is 6.38. The summed E-state index contributed by atoms with van der Waals surface area (Å²) in [5, 5.41) is 6.30. The number of aryl methyl sites for hydroxylation is 1. The number of benzene rings is 1. The number of methoxy groups -OCH3 is 1. The highest BCUT2D eigenvalue weighted by atomic mass is 35.5. The van der Waals surface area contributed by atoms with E-state index in [2.05, 4.69) is 20.4 Å². The highest BCUT2D eigenvalue weighted by molar-refractivity contribution is 7.80. The molecular weight excluding hydrogens is 358 g/mol. The molecule has 0 unspecified atom stereocenters. The second-order valence-electron chi connectivity index (χ2n) is 4.33. The van der Waals surface area contributed by atoms with E-state index in [1.165, 1.54) is 18.4 Å². The third kappa shape index (κ3) is 4.47. The van der Waals surface area contributed by atoms with Gasteiger partial charge < -0.3 is 10.1 Å². The molecule has 0 fully saturated rings. The molecule has 2 rings (SSSR count). The molecule has 120 valence electrons. The summed E-state index contributed by atoms with van der Waals surface area (Å²) in [6.07, 6.45) is 0. The van der Waals surface area contributed by atoms with Crippen molar-refractivity contribution in [1.82, 2.24) is 10.3 Å². The topological polar surface area (TPSA) is 80.3 Å². The average Bonchev–Trinajstić information content (AvgIpc) is 2.87. The number of aromatic nitrogens is 1. The molecule has 0 saturated carbocycles. The molecule has 23 heavy (non-hydrogen) atoms. The van der Waals surface area contributed by atoms with Crippen molar-refractivity contribution in [3.05, 3.63) is 45.4 Å². The molecule has 0 aliphatic rings. The Morgan fingerprint density at radius 2 is 1.96 bits per heavy atom. The molecule has 2 N–H and O–H groups in total. The Kier molecular flexibility index (Phi) is 5.64. The van der Waals surface area contributed by atoms with E-state index < -0.39 is 5.97 Å². The van der Waals surface area contributed by atoms with Crippen LogP contribution in [0.2, 0.25) is 5.02 Å². The van der Waals surface area contributed by atoms with E-state index in [0.29, 0.717) is 20.6 Å². The van der Waals surface area contributed by atoms with E-state index in [1.807, 2.05) is 0 Å². The first-order valence-electron chi connectivity index (χ1n) is 6.34. The van der Waals surface area contributed by atoms with Gasteiger partial charge in [0.2, 0.25) is 0 Å². The van der Waals surface area contributed by atoms with Crippen LogP contribution < -0.4 is 10.6 Å². The summed E-state index contributed by atoms with van der Waals surface area (Å²) >= 11 is 12.1. The fourth-order valence-electron chi connectivity index (χ4n) is 1.64. The van der Waals surface area contributed by atoms with Crippen LogP contribution in [-0.4, -0.2) is 29.1 Å². The minimum absolute atomic E-state index is 0.0788. The molecule has 1 aromatic heterocycles. The Hall–Kier alpha value is -2.03. The van der Waals surface area contributed by atoms with Crippen LogP contribution in [0.5, 0.6) is 0 Å². The number of thiocarbonyl (C=S) groups is 1. The van der Waals surface area contributed by atoms with Crippen molar-refractivity contribution in [3.8, 4) is 0 Å². The fraction of sp³-hybridized carbons (Fsp3) is 0.143. The molecule has 0 atom stereocenters. The summed E-state index contributed by atoms with van der Waals surface area (Å²) in [7, 11) is 1.28. The lowest BCUT2D eigenvalue weighted by atomic mass is 10.2. The Labute approximate surface area is 146 Å². The number of anilines is 1. The van der Waals surface area contributed by atoms with Gasteiger partial charge in [-0.2, -0.15) is 0 Å². The van der Waals surface area contributed by atoms with Crippen molar-refractivity contribution in [3.63, 3.8) is 0 Å². The molecule has 9 heteroatoms. The number of amides is 1. The van der Waals surface area contributed by atoms with E-state index in [0.717, 1.165) is 0 Å². The van der Waals surface area contributed by atoms with Gasteiger partial charge in [0.25, 0.3) is 5.91 Å². The number of halogens is 1. The Bertz CT molecular complexity index is 759. The molecule has 1 heterocycles. The molecule has 0 radical (unpaired) electrons. The summed E-state index contributed by atoms with van der Waals surface area (Å²) in [6.45, 7) is 1.74. The number of rotatable bonds is 3. The lowest BCUT2D eigenvalue weighted by molar-refractivity contribution is 0.0594. The summed E-state index contributed by atoms with van der Waals surface area (Å²) < 4.78 is 4.63. The van der Waals surface area contributed by atoms with Crippen molar-refractivity contribution >= 4 is 57.3 Å². The van der Waals surface area contributed by atoms with Crippen molar-refractivity contribution in [1.29, 1.82) is 0 Å². The van der Waals surface area contributed by atoms with Crippen LogP contribution in [-0.2, 0) is 4.74 Å². The number of hydrogen-bond donors (Lipinski definition) is 2. The highest BCUT2D eigenvalue weighted by Gasteiger charge is 2.17. The minimum Gasteiger partial charge on any atom is -0.464 e. The number of nitrogens with zero attached hydrogens (tertiary/aromatic N) is 1. The zero-order valence-electron chi connectivity index (χ0n) is 12.2. The lowest BCUT2D eigenvalue weighted by Gasteiger charge is -2.07. The first-order valence-corrected chi connectivity index (χ1v) is 7.94. The van der Waals surface area contributed by atoms with Gasteiger partial charge in [-0.05, 0) is 43.4 Å². The van der Waals surface area contributed by atoms with Crippen molar-refractivity contribution < 1.29 is 14.3 Å². The average molecular weight is 370 g/mol. The maximum absolute atomic E-state index is 12.0. The van der Waals surface area contributed by atoms with Crippen LogP contribution in [0.25, 0.3) is 0 Å². The third-order valence-electron chi connectivity index (χ3n) is 2.73. The fourth-order valence-corrected chi connectivity index (χ4v) is 2.83. The van der Waals surface area contributed by atoms with Gasteiger partial charge in [0, 0.05) is 15.5 Å². The van der Waals surface area contributed by atoms with Gasteiger partial charge in [0.1, 0.15) is 0 Å². The predicted molar refractivity (Wildman–Crippen MR) is 93.3 cm³/mol. The number of esters is 1. The van der Waals surface area contributed by atoms with E-state index in [9.17, 15) is 9.59 Å². The normalized spacial score (nSPS) is 10.0. The Morgan fingerprint density at radius 1 is 1.30 bits per heavy atom. The van der Waals surface area contributed by atoms with Crippen molar-refractivity contribution in [2.75, 3.05) is 12.4 Å². The van der Waals surface area contributed by atoms with E-state index in [4.69, 9.17) is 23.8 Å². The maximum Gasteiger partial charge on any atom is 0.357 e. The van der Waals surface area contributed by atoms with E-state index in [1.54, 1.807) is 31.2 Å². The summed E-state index contributed by atoms with van der Waals surface area (Å²) in [5.74, 6) is -0.899. The summed E-state index contributed by atoms with van der Waals surface area (Å²) in [6, 6.07) is 6.39. The Morgan fingerprint density at radius 3 is 2.57 bits per heavy atom. The smallest absolute Gasteiger partial charge is 0.357 e. The molecular formula is C14H12ClN3O3S2. The molecule has 0 bridgehead atoms. The van der Waals surface area contributed by atoms with Crippen molar-refractivity contribution in [2.24, 2.45) is 0 Å². The largest absolute Gasteiger partial charge is 0.464 e. The first-order chi connectivity index (χ1) is 10.9. The maximum atomic E-state index is 12.0. The third-order valence-corrected chi connectivity index (χ3v) is 4.07. The number of nitrogens with one attached hydrogen (secondary N) is 2. The molecule has 6 nitrogen and oxygen atoms in total. The minimum atomic E-state index is -0.525. The predicted octanol–water partition coefficient (Wildman–Crippen LogP) is 3.02. The van der Waals surface area contributed by atoms with Gasteiger partial charge in [0.05, 0.1) is 7.11 Å². The van der Waals surface area contributed by atoms with Gasteiger partial charge in [-0.3, -0.25) is 10.1 Å². The standard InChI is InChI=1S/C14H12ClN3O3S2/c1-7-10(12(20)21-2)16-14(23-7)18-13(22)17-11(19)8-3-5-9(15)6-4-8/h3-6H,1-2H3,(H2,16,17,18,19,22). The van der Waals surface area contributed by atoms with Crippen molar-refractivity contribution in [2.45, 2.75) is 6.92 Å². The molecule has 0 aliphatic carbocycles. The second kappa shape index (κ2) is 7.49. The number of carbonyl (C=O) groups is 2. The zero-order valence-corrected chi connectivity index (χ0v) is 14.6. The van der Waals surface area contributed by atoms with Crippen LogP contribution >= 0.6 is 35.2 Å². The number of ether oxygens (including phenoxy) is 1. The van der Waals surface area contributed by atoms with Gasteiger partial charge >= 0.3 is 5.97 Å². The van der Waals surface area contributed by atoms with Crippen LogP contribution in [0, 0.1) is 6.92 Å². The van der Waals surface area contributed by atoms with Gasteiger partial charge in [0.15, 0.2) is 15.9 Å². The van der Waals surface area contributed by atoms with Gasteiger partial charge in [-0.15, -0.1) is 11.3 Å². The van der Waals surface area contributed by atoms with Gasteiger partial charge in [-0.1, -0.05) is 11.6 Å². The number of carbonyl (C=O) groups excluding carboxylic acids is 2. The van der Waals surface area contributed by atoms with Crippen LogP contribution in [0.1, 0.15) is 25.7 Å². The SMILES string of the molecule is COC(=O)c1nc(NC(=S)NC(=O)c2ccc(Cl)cc2)sc1C. The highest BCUT2D eigenvalue weighted by Crippen LogP contribution is 2.22. The summed E-state index contributed by atoms with van der Waals surface area (Å²) in [5.41, 5.74) is 0.635. The molecule has 0 saturated heterocycles. The molecule has 0 spiro atoms. The summed E-state index contributed by atoms with van der Waals surface area (Å²) in [4.78, 5) is 28.3. The molecule has 1 aromatic carbocycles. The van der Waals surface area contributed by atoms with Crippen LogP contribution in [0.4, 0.5) is 5.13 Å². The molecule has 0 aliphatic heterocycles. The quantitative estimate of drug-likeness (QED) is 0.639. The van der Waals surface area contributed by atoms with Gasteiger partial charge in [-0.25, -0.2) is 9.78 Å². The Balaban J connectivity index is 2.01. The van der Waals surface area contributed by atoms with Crippen LogP contribution in [0.15, 0.2) is 24.3 Å². The number of thiazole rings is 1. The lowest BCUT2D eigenvalue weighted by Crippen LogP contribution is -2.34. The van der Waals surface area contributed by atoms with E-state index in [-0.39, 0.29) is 16.7 Å². The monoisotopic (exact) mass is 369 g/mol. The first kappa shape index (κ1) is 17.3. The van der Waals surface area contributed by atoms with E-state index >= 15 is 0 Å². The van der Waals surface area contributed by atoms with Crippen LogP contribution in [0.3, 0.4) is 0 Å². The molecule has 1 amide bonds. The number of hydrogen-bond acceptors (Lipinski definition) is 6. The molecule has 2 aromatic rings.